The van der Waals surface area contributed by atoms with Gasteiger partial charge < -0.3 is 15.8 Å². The summed E-state index contributed by atoms with van der Waals surface area (Å²) in [6.45, 7) is 0.750. The van der Waals surface area contributed by atoms with Gasteiger partial charge in [-0.25, -0.2) is 0 Å². The van der Waals surface area contributed by atoms with Gasteiger partial charge in [-0.15, -0.1) is 0 Å². The van der Waals surface area contributed by atoms with E-state index in [9.17, 15) is 4.79 Å². The molecule has 3 N–H and O–H groups in total. The summed E-state index contributed by atoms with van der Waals surface area (Å²) in [5.74, 6) is -0.172. The van der Waals surface area contributed by atoms with Crippen molar-refractivity contribution in [2.24, 2.45) is 12.8 Å². The van der Waals surface area contributed by atoms with Gasteiger partial charge >= 0.3 is 0 Å². The lowest BCUT2D eigenvalue weighted by atomic mass is 10.2. The van der Waals surface area contributed by atoms with Gasteiger partial charge in [0, 0.05) is 33.4 Å². The number of ether oxygens (including phenoxy) is 1. The Hall–Kier alpha value is -1.40. The fourth-order valence-electron chi connectivity index (χ4n) is 1.36. The number of amides is 1. The summed E-state index contributed by atoms with van der Waals surface area (Å²) in [6, 6.07) is 0. The highest BCUT2D eigenvalue weighted by Gasteiger charge is 2.14. The molecule has 0 saturated heterocycles. The number of nitrogens with two attached hydrogens (primary N) is 1. The highest BCUT2D eigenvalue weighted by atomic mass is 16.5. The Morgan fingerprint density at radius 1 is 1.75 bits per heavy atom. The second-order valence-corrected chi connectivity index (χ2v) is 3.52. The Morgan fingerprint density at radius 3 is 3.00 bits per heavy atom. The van der Waals surface area contributed by atoms with Crippen LogP contribution in [-0.2, 0) is 23.0 Å². The van der Waals surface area contributed by atoms with E-state index in [2.05, 4.69) is 10.4 Å². The van der Waals surface area contributed by atoms with Crippen LogP contribution in [0.1, 0.15) is 5.56 Å². The Bertz CT molecular complexity index is 333. The molecule has 16 heavy (non-hydrogen) atoms. The van der Waals surface area contributed by atoms with Crippen LogP contribution >= 0.6 is 0 Å². The van der Waals surface area contributed by atoms with Crippen LogP contribution < -0.4 is 11.1 Å². The van der Waals surface area contributed by atoms with Gasteiger partial charge in [-0.2, -0.15) is 5.10 Å². The Balaban J connectivity index is 2.27. The van der Waals surface area contributed by atoms with Crippen LogP contribution in [-0.4, -0.2) is 42.0 Å². The Morgan fingerprint density at radius 2 is 2.50 bits per heavy atom. The molecule has 0 bridgehead atoms. The molecule has 90 valence electrons. The van der Waals surface area contributed by atoms with E-state index in [1.54, 1.807) is 10.9 Å². The number of aromatic nitrogens is 2. The first-order valence-electron chi connectivity index (χ1n) is 5.15. The van der Waals surface area contributed by atoms with Crippen LogP contribution in [0.15, 0.2) is 12.4 Å². The van der Waals surface area contributed by atoms with Crippen molar-refractivity contribution in [2.75, 3.05) is 20.2 Å². The third-order valence-electron chi connectivity index (χ3n) is 2.26. The van der Waals surface area contributed by atoms with E-state index in [1.165, 1.54) is 7.11 Å². The largest absolute Gasteiger partial charge is 0.370 e. The molecule has 1 atom stereocenters. The summed E-state index contributed by atoms with van der Waals surface area (Å²) < 4.78 is 6.65. The molecule has 1 heterocycles. The zero-order valence-corrected chi connectivity index (χ0v) is 9.64. The lowest BCUT2D eigenvalue weighted by Gasteiger charge is -2.12. The van der Waals surface area contributed by atoms with Crippen LogP contribution in [0.2, 0.25) is 0 Å². The van der Waals surface area contributed by atoms with E-state index in [0.717, 1.165) is 12.0 Å². The average molecular weight is 226 g/mol. The molecule has 0 aliphatic rings. The van der Waals surface area contributed by atoms with Gasteiger partial charge in [-0.1, -0.05) is 0 Å². The molecule has 0 fully saturated rings. The van der Waals surface area contributed by atoms with Crippen molar-refractivity contribution in [1.82, 2.24) is 15.1 Å². The minimum Gasteiger partial charge on any atom is -0.370 e. The van der Waals surface area contributed by atoms with Crippen LogP contribution in [0.25, 0.3) is 0 Å². The maximum atomic E-state index is 11.5. The van der Waals surface area contributed by atoms with E-state index < -0.39 is 6.10 Å². The number of carbonyl (C=O) groups excluding carboxylic acids is 1. The lowest BCUT2D eigenvalue weighted by Crippen LogP contribution is -2.41. The number of aryl methyl sites for hydroxylation is 1. The minimum absolute atomic E-state index is 0.172. The van der Waals surface area contributed by atoms with Gasteiger partial charge in [0.1, 0.15) is 6.10 Å². The number of carbonyl (C=O) groups is 1. The van der Waals surface area contributed by atoms with Crippen molar-refractivity contribution in [1.29, 1.82) is 0 Å². The predicted molar refractivity (Wildman–Crippen MR) is 59.8 cm³/mol. The highest BCUT2D eigenvalue weighted by Crippen LogP contribution is 1.96. The second kappa shape index (κ2) is 6.24. The van der Waals surface area contributed by atoms with E-state index in [-0.39, 0.29) is 12.5 Å². The first-order chi connectivity index (χ1) is 7.67. The van der Waals surface area contributed by atoms with Crippen molar-refractivity contribution in [3.8, 4) is 0 Å². The molecule has 6 heteroatoms. The SMILES string of the molecule is COC(CN)C(=O)NCCc1cnn(C)c1. The molecule has 1 aromatic heterocycles. The second-order valence-electron chi connectivity index (χ2n) is 3.52. The lowest BCUT2D eigenvalue weighted by molar-refractivity contribution is -0.130. The van der Waals surface area contributed by atoms with Gasteiger partial charge in [-0.3, -0.25) is 9.48 Å². The Kier molecular flexibility index (Phi) is 4.94. The van der Waals surface area contributed by atoms with Crippen molar-refractivity contribution in [3.63, 3.8) is 0 Å². The fraction of sp³-hybridized carbons (Fsp3) is 0.600. The smallest absolute Gasteiger partial charge is 0.250 e. The van der Waals surface area contributed by atoms with E-state index in [0.29, 0.717) is 6.54 Å². The third-order valence-corrected chi connectivity index (χ3v) is 2.26. The Labute approximate surface area is 94.8 Å². The van der Waals surface area contributed by atoms with Crippen molar-refractivity contribution < 1.29 is 9.53 Å². The van der Waals surface area contributed by atoms with Crippen LogP contribution in [0.4, 0.5) is 0 Å². The number of methoxy groups -OCH3 is 1. The summed E-state index contributed by atoms with van der Waals surface area (Å²) in [4.78, 5) is 11.5. The third kappa shape index (κ3) is 3.63. The van der Waals surface area contributed by atoms with Gasteiger partial charge in [0.2, 0.25) is 5.91 Å². The molecule has 0 saturated carbocycles. The molecule has 1 unspecified atom stereocenters. The first-order valence-corrected chi connectivity index (χ1v) is 5.15. The summed E-state index contributed by atoms with van der Waals surface area (Å²) in [6.07, 6.45) is 3.89. The topological polar surface area (TPSA) is 82.2 Å². The molecular weight excluding hydrogens is 208 g/mol. The van der Waals surface area contributed by atoms with Crippen molar-refractivity contribution in [2.45, 2.75) is 12.5 Å². The molecule has 0 spiro atoms. The van der Waals surface area contributed by atoms with Crippen molar-refractivity contribution >= 4 is 5.91 Å². The monoisotopic (exact) mass is 226 g/mol. The number of rotatable bonds is 6. The molecule has 0 radical (unpaired) electrons. The van der Waals surface area contributed by atoms with Crippen LogP contribution in [0.5, 0.6) is 0 Å². The van der Waals surface area contributed by atoms with Crippen molar-refractivity contribution in [3.05, 3.63) is 18.0 Å². The average Bonchev–Trinajstić information content (AvgIpc) is 2.66. The van der Waals surface area contributed by atoms with E-state index in [1.807, 2.05) is 13.2 Å². The number of nitrogens with zero attached hydrogens (tertiary/aromatic N) is 2. The summed E-state index contributed by atoms with van der Waals surface area (Å²) in [7, 11) is 3.33. The van der Waals surface area contributed by atoms with Crippen LogP contribution in [0.3, 0.4) is 0 Å². The molecule has 0 aliphatic heterocycles. The summed E-state index contributed by atoms with van der Waals surface area (Å²) in [5.41, 5.74) is 6.46. The molecule has 6 nitrogen and oxygen atoms in total. The van der Waals surface area contributed by atoms with Gasteiger partial charge in [0.05, 0.1) is 6.20 Å². The standard InChI is InChI=1S/C10H18N4O2/c1-14-7-8(6-13-14)3-4-12-10(15)9(5-11)16-2/h6-7,9H,3-5,11H2,1-2H3,(H,12,15). The maximum absolute atomic E-state index is 11.5. The quantitative estimate of drug-likeness (QED) is 0.655. The first kappa shape index (κ1) is 12.7. The summed E-state index contributed by atoms with van der Waals surface area (Å²) >= 11 is 0. The number of hydrogen-bond acceptors (Lipinski definition) is 4. The zero-order valence-electron chi connectivity index (χ0n) is 9.64. The minimum atomic E-state index is -0.561. The van der Waals surface area contributed by atoms with Gasteiger partial charge in [-0.05, 0) is 12.0 Å². The van der Waals surface area contributed by atoms with Crippen LogP contribution in [0, 0.1) is 0 Å². The maximum Gasteiger partial charge on any atom is 0.250 e. The number of nitrogens with one attached hydrogen (secondary N) is 1. The normalized spacial score (nSPS) is 12.4. The molecule has 1 rings (SSSR count). The zero-order chi connectivity index (χ0) is 12.0. The van der Waals surface area contributed by atoms with E-state index >= 15 is 0 Å². The van der Waals surface area contributed by atoms with Gasteiger partial charge in [0.15, 0.2) is 0 Å². The molecule has 1 amide bonds. The summed E-state index contributed by atoms with van der Waals surface area (Å²) in [5, 5.41) is 6.80. The molecular formula is C10H18N4O2. The van der Waals surface area contributed by atoms with E-state index in [4.69, 9.17) is 10.5 Å². The van der Waals surface area contributed by atoms with Gasteiger partial charge in [0.25, 0.3) is 0 Å². The molecule has 0 aliphatic carbocycles. The molecule has 1 aromatic rings. The highest BCUT2D eigenvalue weighted by molar-refractivity contribution is 5.80. The number of hydrogen-bond donors (Lipinski definition) is 2. The fourth-order valence-corrected chi connectivity index (χ4v) is 1.36. The molecule has 0 aromatic carbocycles. The predicted octanol–water partition coefficient (Wildman–Crippen LogP) is -0.947.